The average Bonchev–Trinajstić information content (AvgIpc) is 3.09. The van der Waals surface area contributed by atoms with Gasteiger partial charge in [0.05, 0.1) is 18.9 Å². The van der Waals surface area contributed by atoms with Crippen molar-refractivity contribution in [2.24, 2.45) is 0 Å². The highest BCUT2D eigenvalue weighted by atomic mass is 16.5. The van der Waals surface area contributed by atoms with E-state index in [0.717, 1.165) is 4.57 Å². The molecule has 1 atom stereocenters. The van der Waals surface area contributed by atoms with Gasteiger partial charge in [-0.2, -0.15) is 0 Å². The SMILES string of the molecule is Cc1cc(Cn2c(=O)[nH]c3ncn([C@@H](C)C=O)c3c2=O)no1. The Bertz CT molecular complexity index is 961. The van der Waals surface area contributed by atoms with Crippen LogP contribution in [-0.2, 0) is 11.3 Å². The molecule has 0 bridgehead atoms. The second-order valence-corrected chi connectivity index (χ2v) is 4.98. The minimum Gasteiger partial charge on any atom is -0.361 e. The van der Waals surface area contributed by atoms with Gasteiger partial charge in [0.15, 0.2) is 11.2 Å². The Labute approximate surface area is 123 Å². The molecule has 22 heavy (non-hydrogen) atoms. The summed E-state index contributed by atoms with van der Waals surface area (Å²) in [4.78, 5) is 42.1. The number of H-pyrrole nitrogens is 1. The molecule has 0 saturated carbocycles. The molecule has 9 nitrogen and oxygen atoms in total. The Kier molecular flexibility index (Phi) is 3.24. The number of aldehydes is 1. The molecule has 3 rings (SSSR count). The molecule has 0 saturated heterocycles. The number of fused-ring (bicyclic) bond motifs is 1. The number of nitrogens with one attached hydrogen (secondary N) is 1. The molecular weight excluding hydrogens is 290 g/mol. The Balaban J connectivity index is 2.20. The van der Waals surface area contributed by atoms with Crippen LogP contribution >= 0.6 is 0 Å². The van der Waals surface area contributed by atoms with Crippen LogP contribution < -0.4 is 11.2 Å². The Morgan fingerprint density at radius 2 is 2.23 bits per heavy atom. The number of hydrogen-bond donors (Lipinski definition) is 1. The zero-order valence-electron chi connectivity index (χ0n) is 11.9. The predicted molar refractivity (Wildman–Crippen MR) is 75.7 cm³/mol. The smallest absolute Gasteiger partial charge is 0.330 e. The number of aromatic amines is 1. The molecule has 9 heteroatoms. The first-order valence-electron chi connectivity index (χ1n) is 6.58. The summed E-state index contributed by atoms with van der Waals surface area (Å²) in [6.07, 6.45) is 2.04. The largest absolute Gasteiger partial charge is 0.361 e. The van der Waals surface area contributed by atoms with Crippen molar-refractivity contribution in [3.8, 4) is 0 Å². The fraction of sp³-hybridized carbons (Fsp3) is 0.308. The van der Waals surface area contributed by atoms with Gasteiger partial charge >= 0.3 is 5.69 Å². The quantitative estimate of drug-likeness (QED) is 0.678. The molecule has 114 valence electrons. The maximum atomic E-state index is 12.6. The molecule has 0 radical (unpaired) electrons. The monoisotopic (exact) mass is 303 g/mol. The number of carbonyl (C=O) groups excluding carboxylic acids is 1. The highest BCUT2D eigenvalue weighted by Crippen LogP contribution is 2.10. The van der Waals surface area contributed by atoms with Gasteiger partial charge in [-0.05, 0) is 13.8 Å². The standard InChI is InChI=1S/C13H13N5O4/c1-7(5-19)18-6-14-11-10(18)12(20)17(13(21)15-11)4-9-3-8(2)22-16-9/h3,5-7H,4H2,1-2H3,(H,15,21)/t7-/m0/s1. The van der Waals surface area contributed by atoms with Crippen molar-refractivity contribution in [3.63, 3.8) is 0 Å². The van der Waals surface area contributed by atoms with Crippen LogP contribution in [0.4, 0.5) is 0 Å². The van der Waals surface area contributed by atoms with E-state index in [1.165, 1.54) is 10.9 Å². The van der Waals surface area contributed by atoms with E-state index in [1.807, 2.05) is 0 Å². The molecule has 3 aromatic rings. The van der Waals surface area contributed by atoms with E-state index < -0.39 is 17.3 Å². The molecule has 0 spiro atoms. The highest BCUT2D eigenvalue weighted by molar-refractivity contribution is 5.71. The summed E-state index contributed by atoms with van der Waals surface area (Å²) < 4.78 is 7.34. The van der Waals surface area contributed by atoms with Crippen LogP contribution in [0.3, 0.4) is 0 Å². The van der Waals surface area contributed by atoms with E-state index in [1.54, 1.807) is 19.9 Å². The van der Waals surface area contributed by atoms with Gasteiger partial charge in [0, 0.05) is 6.07 Å². The zero-order valence-corrected chi connectivity index (χ0v) is 11.9. The molecule has 0 amide bonds. The zero-order chi connectivity index (χ0) is 15.9. The predicted octanol–water partition coefficient (Wildman–Crippen LogP) is -0.00908. The molecule has 0 aromatic carbocycles. The lowest BCUT2D eigenvalue weighted by molar-refractivity contribution is -0.110. The average molecular weight is 303 g/mol. The van der Waals surface area contributed by atoms with Gasteiger partial charge in [0.1, 0.15) is 17.7 Å². The summed E-state index contributed by atoms with van der Waals surface area (Å²) in [5.74, 6) is 0.583. The second-order valence-electron chi connectivity index (χ2n) is 4.98. The normalized spacial score (nSPS) is 12.6. The maximum absolute atomic E-state index is 12.6. The number of nitrogens with zero attached hydrogens (tertiary/aromatic N) is 4. The van der Waals surface area contributed by atoms with Crippen molar-refractivity contribution < 1.29 is 9.32 Å². The topological polar surface area (TPSA) is 116 Å². The van der Waals surface area contributed by atoms with E-state index in [-0.39, 0.29) is 17.7 Å². The fourth-order valence-corrected chi connectivity index (χ4v) is 2.23. The van der Waals surface area contributed by atoms with Gasteiger partial charge in [-0.25, -0.2) is 9.78 Å². The Hall–Kier alpha value is -2.97. The van der Waals surface area contributed by atoms with Crippen LogP contribution in [0.2, 0.25) is 0 Å². The third-order valence-electron chi connectivity index (χ3n) is 3.34. The van der Waals surface area contributed by atoms with Crippen LogP contribution in [0.1, 0.15) is 24.4 Å². The molecule has 1 N–H and O–H groups in total. The van der Waals surface area contributed by atoms with E-state index >= 15 is 0 Å². The van der Waals surface area contributed by atoms with E-state index in [2.05, 4.69) is 15.1 Å². The minimum atomic E-state index is -0.595. The number of hydrogen-bond acceptors (Lipinski definition) is 6. The molecule has 0 fully saturated rings. The molecule has 0 aliphatic carbocycles. The lowest BCUT2D eigenvalue weighted by atomic mass is 10.3. The van der Waals surface area contributed by atoms with E-state index in [9.17, 15) is 14.4 Å². The number of carbonyl (C=O) groups is 1. The van der Waals surface area contributed by atoms with Gasteiger partial charge < -0.3 is 13.9 Å². The highest BCUT2D eigenvalue weighted by Gasteiger charge is 2.17. The van der Waals surface area contributed by atoms with Gasteiger partial charge in [-0.15, -0.1) is 0 Å². The summed E-state index contributed by atoms with van der Waals surface area (Å²) >= 11 is 0. The molecular formula is C13H13N5O4. The van der Waals surface area contributed by atoms with Crippen molar-refractivity contribution >= 4 is 17.5 Å². The van der Waals surface area contributed by atoms with Crippen molar-refractivity contribution in [1.82, 2.24) is 24.3 Å². The molecule has 3 aromatic heterocycles. The summed E-state index contributed by atoms with van der Waals surface area (Å²) in [5.41, 5.74) is -0.359. The molecule has 0 aliphatic rings. The van der Waals surface area contributed by atoms with Gasteiger partial charge in [0.2, 0.25) is 0 Å². The van der Waals surface area contributed by atoms with Gasteiger partial charge in [-0.1, -0.05) is 5.16 Å². The number of aryl methyl sites for hydroxylation is 1. The third kappa shape index (κ3) is 2.16. The van der Waals surface area contributed by atoms with Crippen molar-refractivity contribution in [3.05, 3.63) is 44.7 Å². The van der Waals surface area contributed by atoms with E-state index in [0.29, 0.717) is 17.7 Å². The van der Waals surface area contributed by atoms with Crippen LogP contribution in [0.25, 0.3) is 11.2 Å². The number of rotatable bonds is 4. The van der Waals surface area contributed by atoms with Crippen LogP contribution in [0.5, 0.6) is 0 Å². The number of aromatic nitrogens is 5. The first-order valence-corrected chi connectivity index (χ1v) is 6.58. The Morgan fingerprint density at radius 1 is 1.45 bits per heavy atom. The van der Waals surface area contributed by atoms with Gasteiger partial charge in [-0.3, -0.25) is 14.3 Å². The molecule has 3 heterocycles. The molecule has 0 aliphatic heterocycles. The van der Waals surface area contributed by atoms with Crippen molar-refractivity contribution in [2.75, 3.05) is 0 Å². The fourth-order valence-electron chi connectivity index (χ4n) is 2.23. The lowest BCUT2D eigenvalue weighted by Crippen LogP contribution is -2.36. The maximum Gasteiger partial charge on any atom is 0.330 e. The first kappa shape index (κ1) is 14.0. The van der Waals surface area contributed by atoms with Crippen molar-refractivity contribution in [2.45, 2.75) is 26.4 Å². The molecule has 0 unspecified atom stereocenters. The summed E-state index contributed by atoms with van der Waals surface area (Å²) in [6.45, 7) is 3.32. The second kappa shape index (κ2) is 5.10. The third-order valence-corrected chi connectivity index (χ3v) is 3.34. The summed E-state index contributed by atoms with van der Waals surface area (Å²) in [7, 11) is 0. The van der Waals surface area contributed by atoms with Crippen LogP contribution in [0, 0.1) is 6.92 Å². The summed E-state index contributed by atoms with van der Waals surface area (Å²) in [5, 5.41) is 3.77. The van der Waals surface area contributed by atoms with Crippen molar-refractivity contribution in [1.29, 1.82) is 0 Å². The van der Waals surface area contributed by atoms with Gasteiger partial charge in [0.25, 0.3) is 5.56 Å². The van der Waals surface area contributed by atoms with Crippen LogP contribution in [-0.4, -0.2) is 30.5 Å². The minimum absolute atomic E-state index is 0.0257. The first-order chi connectivity index (χ1) is 10.5. The lowest BCUT2D eigenvalue weighted by Gasteiger charge is -2.07. The Morgan fingerprint density at radius 3 is 2.86 bits per heavy atom. The van der Waals surface area contributed by atoms with E-state index in [4.69, 9.17) is 4.52 Å². The summed E-state index contributed by atoms with van der Waals surface area (Å²) in [6, 6.07) is 1.08. The number of imidazole rings is 1. The van der Waals surface area contributed by atoms with Crippen LogP contribution in [0.15, 0.2) is 26.5 Å².